The summed E-state index contributed by atoms with van der Waals surface area (Å²) in [4.78, 5) is 0. The molecule has 0 saturated carbocycles. The SMILES string of the molecule is O=S(=O)(N[C@H]1CO[C@H]2[C@@H]1OC[C@H]2OCc1ccccc1)c1cccs1. The Labute approximate surface area is 150 Å². The summed E-state index contributed by atoms with van der Waals surface area (Å²) in [5, 5.41) is 1.74. The Morgan fingerprint density at radius 1 is 1.08 bits per heavy atom. The first-order chi connectivity index (χ1) is 12.1. The Morgan fingerprint density at radius 3 is 2.64 bits per heavy atom. The molecule has 0 bridgehead atoms. The first-order valence-corrected chi connectivity index (χ1v) is 10.4. The summed E-state index contributed by atoms with van der Waals surface area (Å²) in [6, 6.07) is 12.8. The molecule has 0 spiro atoms. The van der Waals surface area contributed by atoms with Gasteiger partial charge in [-0.05, 0) is 17.0 Å². The standard InChI is InChI=1S/C17H19NO5S2/c19-25(20,15-7-4-8-24-15)18-13-10-22-17-14(11-23-16(13)17)21-9-12-5-2-1-3-6-12/h1-8,13-14,16-18H,9-11H2/t13-,14+,16+,17+/m0/s1. The van der Waals surface area contributed by atoms with Gasteiger partial charge in [-0.2, -0.15) is 0 Å². The lowest BCUT2D eigenvalue weighted by atomic mass is 10.1. The lowest BCUT2D eigenvalue weighted by Gasteiger charge is -2.17. The first kappa shape index (κ1) is 17.1. The number of sulfonamides is 1. The highest BCUT2D eigenvalue weighted by Gasteiger charge is 2.49. The molecule has 2 aromatic rings. The lowest BCUT2D eigenvalue weighted by Crippen LogP contribution is -2.44. The van der Waals surface area contributed by atoms with Crippen molar-refractivity contribution in [3.8, 4) is 0 Å². The average Bonchev–Trinajstić information content (AvgIpc) is 3.33. The van der Waals surface area contributed by atoms with E-state index in [9.17, 15) is 8.42 Å². The van der Waals surface area contributed by atoms with E-state index in [0.717, 1.165) is 5.56 Å². The van der Waals surface area contributed by atoms with Crippen LogP contribution in [0.4, 0.5) is 0 Å². The molecule has 1 aromatic carbocycles. The molecule has 134 valence electrons. The summed E-state index contributed by atoms with van der Waals surface area (Å²) in [6.07, 6.45) is -0.767. The van der Waals surface area contributed by atoms with Gasteiger partial charge in [0.1, 0.15) is 22.5 Å². The van der Waals surface area contributed by atoms with Gasteiger partial charge in [-0.15, -0.1) is 11.3 Å². The van der Waals surface area contributed by atoms with Crippen LogP contribution < -0.4 is 4.72 Å². The van der Waals surface area contributed by atoms with E-state index in [0.29, 0.717) is 17.4 Å². The van der Waals surface area contributed by atoms with Gasteiger partial charge in [0.05, 0.1) is 25.9 Å². The van der Waals surface area contributed by atoms with E-state index in [-0.39, 0.29) is 24.9 Å². The number of thiophene rings is 1. The third-order valence-corrected chi connectivity index (χ3v) is 7.27. The summed E-state index contributed by atoms with van der Waals surface area (Å²) < 4.78 is 45.3. The first-order valence-electron chi connectivity index (χ1n) is 8.08. The third kappa shape index (κ3) is 3.64. The second kappa shape index (κ2) is 7.14. The van der Waals surface area contributed by atoms with Gasteiger partial charge in [-0.3, -0.25) is 0 Å². The summed E-state index contributed by atoms with van der Waals surface area (Å²) in [6.45, 7) is 1.16. The maximum absolute atomic E-state index is 12.4. The number of benzene rings is 1. The predicted octanol–water partition coefficient (Wildman–Crippen LogP) is 1.78. The van der Waals surface area contributed by atoms with Crippen molar-refractivity contribution < 1.29 is 22.6 Å². The second-order valence-corrected chi connectivity index (χ2v) is 8.98. The lowest BCUT2D eigenvalue weighted by molar-refractivity contribution is -0.0391. The van der Waals surface area contributed by atoms with E-state index >= 15 is 0 Å². The van der Waals surface area contributed by atoms with E-state index in [1.54, 1.807) is 17.5 Å². The molecule has 1 N–H and O–H groups in total. The average molecular weight is 381 g/mol. The van der Waals surface area contributed by atoms with Gasteiger partial charge in [0, 0.05) is 0 Å². The van der Waals surface area contributed by atoms with Gasteiger partial charge in [0.25, 0.3) is 0 Å². The fourth-order valence-electron chi connectivity index (χ4n) is 3.16. The molecular formula is C17H19NO5S2. The highest BCUT2D eigenvalue weighted by atomic mass is 32.2. The van der Waals surface area contributed by atoms with Gasteiger partial charge in [-0.1, -0.05) is 36.4 Å². The number of nitrogens with one attached hydrogen (secondary N) is 1. The van der Waals surface area contributed by atoms with Crippen molar-refractivity contribution >= 4 is 21.4 Å². The molecule has 4 atom stereocenters. The molecule has 25 heavy (non-hydrogen) atoms. The van der Waals surface area contributed by atoms with Crippen LogP contribution in [0.2, 0.25) is 0 Å². The van der Waals surface area contributed by atoms with Gasteiger partial charge in [0.2, 0.25) is 10.0 Å². The van der Waals surface area contributed by atoms with Crippen molar-refractivity contribution in [1.82, 2.24) is 4.72 Å². The molecule has 2 aliphatic heterocycles. The molecule has 2 fully saturated rings. The normalized spacial score (nSPS) is 29.0. The minimum absolute atomic E-state index is 0.193. The topological polar surface area (TPSA) is 73.9 Å². The molecule has 8 heteroatoms. The van der Waals surface area contributed by atoms with Crippen LogP contribution >= 0.6 is 11.3 Å². The molecule has 1 aromatic heterocycles. The van der Waals surface area contributed by atoms with Gasteiger partial charge >= 0.3 is 0 Å². The van der Waals surface area contributed by atoms with Crippen LogP contribution in [0.3, 0.4) is 0 Å². The van der Waals surface area contributed by atoms with Crippen LogP contribution in [-0.2, 0) is 30.8 Å². The molecule has 0 amide bonds. The maximum Gasteiger partial charge on any atom is 0.250 e. The molecule has 2 aliphatic rings. The highest BCUT2D eigenvalue weighted by molar-refractivity contribution is 7.91. The number of ether oxygens (including phenoxy) is 3. The van der Waals surface area contributed by atoms with E-state index in [1.807, 2.05) is 30.3 Å². The predicted molar refractivity (Wildman–Crippen MR) is 92.9 cm³/mol. The van der Waals surface area contributed by atoms with Crippen molar-refractivity contribution in [2.24, 2.45) is 0 Å². The molecule has 2 saturated heterocycles. The van der Waals surface area contributed by atoms with Crippen molar-refractivity contribution in [1.29, 1.82) is 0 Å². The van der Waals surface area contributed by atoms with Crippen LogP contribution in [0.25, 0.3) is 0 Å². The van der Waals surface area contributed by atoms with Crippen molar-refractivity contribution in [3.63, 3.8) is 0 Å². The summed E-state index contributed by atoms with van der Waals surface area (Å²) in [7, 11) is -3.54. The Bertz CT molecular complexity index is 794. The van der Waals surface area contributed by atoms with Crippen LogP contribution in [0.15, 0.2) is 52.1 Å². The van der Waals surface area contributed by atoms with Gasteiger partial charge in [-0.25, -0.2) is 13.1 Å². The molecule has 6 nitrogen and oxygen atoms in total. The number of fused-ring (bicyclic) bond motifs is 1. The fraction of sp³-hybridized carbons (Fsp3) is 0.412. The Hall–Kier alpha value is -1.29. The van der Waals surface area contributed by atoms with Crippen LogP contribution in [0.5, 0.6) is 0 Å². The molecular weight excluding hydrogens is 362 g/mol. The minimum Gasteiger partial charge on any atom is -0.371 e. The van der Waals surface area contributed by atoms with Crippen molar-refractivity contribution in [2.75, 3.05) is 13.2 Å². The van der Waals surface area contributed by atoms with E-state index in [1.165, 1.54) is 11.3 Å². The summed E-state index contributed by atoms with van der Waals surface area (Å²) in [5.74, 6) is 0. The number of hydrogen-bond acceptors (Lipinski definition) is 6. The largest absolute Gasteiger partial charge is 0.371 e. The fourth-order valence-corrected chi connectivity index (χ4v) is 5.40. The number of hydrogen-bond donors (Lipinski definition) is 1. The van der Waals surface area contributed by atoms with Gasteiger partial charge in [0.15, 0.2) is 0 Å². The molecule has 3 heterocycles. The monoisotopic (exact) mass is 381 g/mol. The maximum atomic E-state index is 12.4. The Balaban J connectivity index is 1.37. The summed E-state index contributed by atoms with van der Waals surface area (Å²) >= 11 is 1.19. The zero-order chi connectivity index (χ0) is 17.3. The Morgan fingerprint density at radius 2 is 1.88 bits per heavy atom. The second-order valence-electron chi connectivity index (χ2n) is 6.09. The molecule has 0 unspecified atom stereocenters. The zero-order valence-electron chi connectivity index (χ0n) is 13.4. The summed E-state index contributed by atoms with van der Waals surface area (Å²) in [5.41, 5.74) is 1.08. The third-order valence-electron chi connectivity index (χ3n) is 4.38. The Kier molecular flexibility index (Phi) is 4.90. The van der Waals surface area contributed by atoms with E-state index in [2.05, 4.69) is 4.72 Å². The van der Waals surface area contributed by atoms with Crippen LogP contribution in [0.1, 0.15) is 5.56 Å². The molecule has 4 rings (SSSR count). The van der Waals surface area contributed by atoms with E-state index < -0.39 is 16.1 Å². The van der Waals surface area contributed by atoms with Gasteiger partial charge < -0.3 is 14.2 Å². The molecule has 0 radical (unpaired) electrons. The van der Waals surface area contributed by atoms with Crippen LogP contribution in [0, 0.1) is 0 Å². The van der Waals surface area contributed by atoms with Crippen LogP contribution in [-0.4, -0.2) is 46.0 Å². The quantitative estimate of drug-likeness (QED) is 0.826. The number of rotatable bonds is 6. The van der Waals surface area contributed by atoms with Crippen molar-refractivity contribution in [2.45, 2.75) is 35.2 Å². The smallest absolute Gasteiger partial charge is 0.250 e. The molecule has 0 aliphatic carbocycles. The van der Waals surface area contributed by atoms with Crippen molar-refractivity contribution in [3.05, 3.63) is 53.4 Å². The zero-order valence-corrected chi connectivity index (χ0v) is 15.0. The minimum atomic E-state index is -3.54. The van der Waals surface area contributed by atoms with E-state index in [4.69, 9.17) is 14.2 Å². The highest BCUT2D eigenvalue weighted by Crippen LogP contribution is 2.30.